The van der Waals surface area contributed by atoms with E-state index in [9.17, 15) is 17.9 Å². The lowest BCUT2D eigenvalue weighted by Gasteiger charge is -2.14. The topological polar surface area (TPSA) is 66.4 Å². The first-order valence-corrected chi connectivity index (χ1v) is 8.55. The van der Waals surface area contributed by atoms with E-state index in [2.05, 4.69) is 4.72 Å². The summed E-state index contributed by atoms with van der Waals surface area (Å²) in [5, 5.41) is 10.4. The second kappa shape index (κ2) is 7.19. The monoisotopic (exact) mass is 343 g/mol. The molecule has 0 spiro atoms. The van der Waals surface area contributed by atoms with E-state index in [4.69, 9.17) is 11.6 Å². The van der Waals surface area contributed by atoms with Crippen molar-refractivity contribution in [3.63, 3.8) is 0 Å². The number of benzene rings is 2. The summed E-state index contributed by atoms with van der Waals surface area (Å²) in [6.45, 7) is -0.236. The molecule has 2 N–H and O–H groups in total. The van der Waals surface area contributed by atoms with Crippen molar-refractivity contribution in [3.8, 4) is 0 Å². The summed E-state index contributed by atoms with van der Waals surface area (Å²) in [7, 11) is -3.77. The van der Waals surface area contributed by atoms with E-state index in [0.29, 0.717) is 10.6 Å². The zero-order valence-corrected chi connectivity index (χ0v) is 13.1. The summed E-state index contributed by atoms with van der Waals surface area (Å²) >= 11 is 5.93. The number of halogens is 2. The van der Waals surface area contributed by atoms with Gasteiger partial charge in [0.25, 0.3) is 0 Å². The molecule has 2 aromatic carbocycles. The van der Waals surface area contributed by atoms with E-state index < -0.39 is 27.7 Å². The Balaban J connectivity index is 2.01. The van der Waals surface area contributed by atoms with Crippen LogP contribution < -0.4 is 4.72 Å². The molecule has 4 nitrogen and oxygen atoms in total. The maximum absolute atomic E-state index is 13.5. The van der Waals surface area contributed by atoms with Crippen molar-refractivity contribution in [1.82, 2.24) is 4.72 Å². The molecule has 0 heterocycles. The zero-order valence-electron chi connectivity index (χ0n) is 11.5. The minimum absolute atomic E-state index is 0.0715. The summed E-state index contributed by atoms with van der Waals surface area (Å²) in [5.74, 6) is -1.07. The van der Waals surface area contributed by atoms with Crippen LogP contribution >= 0.6 is 11.6 Å². The van der Waals surface area contributed by atoms with Crippen LogP contribution in [-0.4, -0.2) is 20.1 Å². The first-order chi connectivity index (χ1) is 10.4. The number of aliphatic hydroxyl groups is 1. The van der Waals surface area contributed by atoms with Gasteiger partial charge in [-0.1, -0.05) is 48.0 Å². The van der Waals surface area contributed by atoms with Gasteiger partial charge < -0.3 is 5.11 Å². The fourth-order valence-corrected chi connectivity index (χ4v) is 3.35. The predicted octanol–water partition coefficient (Wildman–Crippen LogP) is 2.63. The number of hydrogen-bond acceptors (Lipinski definition) is 3. The fraction of sp³-hybridized carbons (Fsp3) is 0.200. The van der Waals surface area contributed by atoms with Gasteiger partial charge in [-0.15, -0.1) is 0 Å². The molecule has 0 aliphatic carbocycles. The van der Waals surface area contributed by atoms with Crippen LogP contribution in [0.2, 0.25) is 5.02 Å². The average Bonchev–Trinajstić information content (AvgIpc) is 2.48. The second-order valence-corrected chi connectivity index (χ2v) is 6.95. The smallest absolute Gasteiger partial charge is 0.215 e. The average molecular weight is 344 g/mol. The van der Waals surface area contributed by atoms with E-state index in [-0.39, 0.29) is 12.1 Å². The standard InChI is InChI=1S/C15H15ClFNO3S/c16-13-7-3-2-6-12(13)15(19)9-18-22(20,21)10-11-5-1-4-8-14(11)17/h1-8,15,18-19H,9-10H2/t15-/m0/s1. The molecule has 0 fully saturated rings. The van der Waals surface area contributed by atoms with Gasteiger partial charge in [-0.05, 0) is 12.1 Å². The lowest BCUT2D eigenvalue weighted by atomic mass is 10.1. The van der Waals surface area contributed by atoms with Crippen molar-refractivity contribution in [1.29, 1.82) is 0 Å². The highest BCUT2D eigenvalue weighted by atomic mass is 35.5. The minimum Gasteiger partial charge on any atom is -0.387 e. The first kappa shape index (κ1) is 16.9. The molecule has 22 heavy (non-hydrogen) atoms. The normalized spacial score (nSPS) is 13.0. The highest BCUT2D eigenvalue weighted by Gasteiger charge is 2.17. The number of rotatable bonds is 6. The first-order valence-electron chi connectivity index (χ1n) is 6.52. The quantitative estimate of drug-likeness (QED) is 0.847. The van der Waals surface area contributed by atoms with Crippen molar-refractivity contribution in [2.75, 3.05) is 6.54 Å². The minimum atomic E-state index is -3.77. The third-order valence-corrected chi connectivity index (χ3v) is 4.71. The predicted molar refractivity (Wildman–Crippen MR) is 83.4 cm³/mol. The van der Waals surface area contributed by atoms with Gasteiger partial charge in [-0.3, -0.25) is 0 Å². The van der Waals surface area contributed by atoms with E-state index in [0.717, 1.165) is 0 Å². The number of sulfonamides is 1. The molecule has 0 unspecified atom stereocenters. The lowest BCUT2D eigenvalue weighted by Crippen LogP contribution is -2.30. The number of hydrogen-bond donors (Lipinski definition) is 2. The Bertz CT molecular complexity index is 752. The van der Waals surface area contributed by atoms with Gasteiger partial charge in [0, 0.05) is 22.7 Å². The Morgan fingerprint density at radius 1 is 1.14 bits per heavy atom. The van der Waals surface area contributed by atoms with Crippen LogP contribution in [0.1, 0.15) is 17.2 Å². The molecule has 0 aliphatic rings. The zero-order chi connectivity index (χ0) is 16.2. The fourth-order valence-electron chi connectivity index (χ4n) is 1.93. The van der Waals surface area contributed by atoms with E-state index in [1.54, 1.807) is 30.3 Å². The summed E-state index contributed by atoms with van der Waals surface area (Å²) in [6, 6.07) is 12.3. The summed E-state index contributed by atoms with van der Waals surface area (Å²) in [4.78, 5) is 0. The molecule has 0 saturated carbocycles. The molecule has 0 aliphatic heterocycles. The Morgan fingerprint density at radius 3 is 2.45 bits per heavy atom. The Labute approximate surface area is 133 Å². The molecule has 7 heteroatoms. The number of nitrogens with one attached hydrogen (secondary N) is 1. The van der Waals surface area contributed by atoms with Gasteiger partial charge in [0.05, 0.1) is 11.9 Å². The summed E-state index contributed by atoms with van der Waals surface area (Å²) < 4.78 is 39.6. The third kappa shape index (κ3) is 4.51. The van der Waals surface area contributed by atoms with Crippen molar-refractivity contribution < 1.29 is 17.9 Å². The molecule has 2 aromatic rings. The Morgan fingerprint density at radius 2 is 1.77 bits per heavy atom. The Kier molecular flexibility index (Phi) is 5.52. The highest BCUT2D eigenvalue weighted by molar-refractivity contribution is 7.88. The van der Waals surface area contributed by atoms with Crippen molar-refractivity contribution in [3.05, 3.63) is 70.5 Å². The molecule has 0 amide bonds. The molecule has 0 radical (unpaired) electrons. The van der Waals surface area contributed by atoms with E-state index in [1.165, 1.54) is 18.2 Å². The van der Waals surface area contributed by atoms with Crippen LogP contribution in [0.25, 0.3) is 0 Å². The van der Waals surface area contributed by atoms with Crippen LogP contribution in [0.3, 0.4) is 0 Å². The summed E-state index contributed by atoms with van der Waals surface area (Å²) in [5.41, 5.74) is 0.500. The highest BCUT2D eigenvalue weighted by Crippen LogP contribution is 2.22. The molecule has 118 valence electrons. The molecule has 0 saturated heterocycles. The van der Waals surface area contributed by atoms with Crippen LogP contribution in [0.5, 0.6) is 0 Å². The maximum Gasteiger partial charge on any atom is 0.215 e. The lowest BCUT2D eigenvalue weighted by molar-refractivity contribution is 0.182. The van der Waals surface area contributed by atoms with Gasteiger partial charge in [0.2, 0.25) is 10.0 Å². The molecule has 0 aromatic heterocycles. The Hall–Kier alpha value is -1.47. The van der Waals surface area contributed by atoms with Crippen molar-refractivity contribution in [2.45, 2.75) is 11.9 Å². The molecule has 2 rings (SSSR count). The van der Waals surface area contributed by atoms with Gasteiger partial charge in [-0.25, -0.2) is 17.5 Å². The summed E-state index contributed by atoms with van der Waals surface area (Å²) in [6.07, 6.45) is -1.08. The number of aliphatic hydroxyl groups excluding tert-OH is 1. The maximum atomic E-state index is 13.5. The molecular formula is C15H15ClFNO3S. The van der Waals surface area contributed by atoms with Gasteiger partial charge in [0.15, 0.2) is 0 Å². The molecule has 1 atom stereocenters. The van der Waals surface area contributed by atoms with Crippen molar-refractivity contribution >= 4 is 21.6 Å². The van der Waals surface area contributed by atoms with E-state index >= 15 is 0 Å². The van der Waals surface area contributed by atoms with Crippen molar-refractivity contribution in [2.24, 2.45) is 0 Å². The van der Waals surface area contributed by atoms with Gasteiger partial charge in [0.1, 0.15) is 5.82 Å². The SMILES string of the molecule is O=S(=O)(Cc1ccccc1F)NC[C@H](O)c1ccccc1Cl. The van der Waals surface area contributed by atoms with Crippen LogP contribution in [0.15, 0.2) is 48.5 Å². The van der Waals surface area contributed by atoms with Crippen LogP contribution in [-0.2, 0) is 15.8 Å². The largest absolute Gasteiger partial charge is 0.387 e. The third-order valence-electron chi connectivity index (χ3n) is 3.06. The van der Waals surface area contributed by atoms with Gasteiger partial charge >= 0.3 is 0 Å². The van der Waals surface area contributed by atoms with Crippen LogP contribution in [0, 0.1) is 5.82 Å². The van der Waals surface area contributed by atoms with Crippen LogP contribution in [0.4, 0.5) is 4.39 Å². The van der Waals surface area contributed by atoms with E-state index in [1.807, 2.05) is 0 Å². The molecular weight excluding hydrogens is 329 g/mol. The van der Waals surface area contributed by atoms with Gasteiger partial charge in [-0.2, -0.15) is 0 Å². The molecule has 0 bridgehead atoms. The second-order valence-electron chi connectivity index (χ2n) is 4.74.